The Morgan fingerprint density at radius 1 is 1.32 bits per heavy atom. The second-order valence-electron chi connectivity index (χ2n) is 3.79. The lowest BCUT2D eigenvalue weighted by Gasteiger charge is -2.11. The standard InChI is InChI=1S/C12H9F3N2OS/c13-12(14,15)6-18-10-5-8(11(16)19)7-3-1-2-4-9(7)17-10/h1-5H,6H2,(H2,16,19). The van der Waals surface area contributed by atoms with Gasteiger partial charge < -0.3 is 10.5 Å². The third-order valence-electron chi connectivity index (χ3n) is 2.34. The molecule has 100 valence electrons. The van der Waals surface area contributed by atoms with Crippen LogP contribution in [0.1, 0.15) is 5.56 Å². The van der Waals surface area contributed by atoms with Gasteiger partial charge in [0.05, 0.1) is 5.52 Å². The van der Waals surface area contributed by atoms with Crippen LogP contribution in [-0.4, -0.2) is 22.8 Å². The van der Waals surface area contributed by atoms with Crippen molar-refractivity contribution in [3.63, 3.8) is 0 Å². The van der Waals surface area contributed by atoms with E-state index in [1.807, 2.05) is 0 Å². The Labute approximate surface area is 112 Å². The summed E-state index contributed by atoms with van der Waals surface area (Å²) in [5, 5.41) is 0.675. The highest BCUT2D eigenvalue weighted by Gasteiger charge is 2.28. The van der Waals surface area contributed by atoms with Crippen LogP contribution in [0.3, 0.4) is 0 Å². The molecule has 0 radical (unpaired) electrons. The Morgan fingerprint density at radius 2 is 2.00 bits per heavy atom. The molecule has 0 bridgehead atoms. The monoisotopic (exact) mass is 286 g/mol. The van der Waals surface area contributed by atoms with Crippen LogP contribution in [0.15, 0.2) is 30.3 Å². The number of alkyl halides is 3. The summed E-state index contributed by atoms with van der Waals surface area (Å²) in [6, 6.07) is 8.19. The first-order chi connectivity index (χ1) is 8.87. The highest BCUT2D eigenvalue weighted by molar-refractivity contribution is 7.80. The molecule has 0 unspecified atom stereocenters. The zero-order chi connectivity index (χ0) is 14.0. The number of halogens is 3. The second-order valence-corrected chi connectivity index (χ2v) is 4.23. The predicted molar refractivity (Wildman–Crippen MR) is 69.2 cm³/mol. The quantitative estimate of drug-likeness (QED) is 0.881. The molecule has 19 heavy (non-hydrogen) atoms. The molecule has 1 aromatic carbocycles. The number of nitrogens with zero attached hydrogens (tertiary/aromatic N) is 1. The summed E-state index contributed by atoms with van der Waals surface area (Å²) >= 11 is 4.88. The van der Waals surface area contributed by atoms with E-state index in [-0.39, 0.29) is 10.9 Å². The topological polar surface area (TPSA) is 48.1 Å². The van der Waals surface area contributed by atoms with Crippen LogP contribution >= 0.6 is 12.2 Å². The number of hydrogen-bond acceptors (Lipinski definition) is 3. The Morgan fingerprint density at radius 3 is 2.63 bits per heavy atom. The van der Waals surface area contributed by atoms with Crippen molar-refractivity contribution in [2.24, 2.45) is 5.73 Å². The largest absolute Gasteiger partial charge is 0.468 e. The molecular weight excluding hydrogens is 277 g/mol. The summed E-state index contributed by atoms with van der Waals surface area (Å²) in [6.07, 6.45) is -4.42. The van der Waals surface area contributed by atoms with Gasteiger partial charge in [0, 0.05) is 17.0 Å². The summed E-state index contributed by atoms with van der Waals surface area (Å²) in [7, 11) is 0. The summed E-state index contributed by atoms with van der Waals surface area (Å²) in [4.78, 5) is 4.06. The molecule has 0 fully saturated rings. The first-order valence-corrected chi connectivity index (χ1v) is 5.67. The fraction of sp³-hybridized carbons (Fsp3) is 0.167. The SMILES string of the molecule is NC(=S)c1cc(OCC(F)(F)F)nc2ccccc12. The maximum Gasteiger partial charge on any atom is 0.422 e. The summed E-state index contributed by atoms with van der Waals surface area (Å²) in [6.45, 7) is -1.41. The van der Waals surface area contributed by atoms with Gasteiger partial charge >= 0.3 is 6.18 Å². The zero-order valence-corrected chi connectivity index (χ0v) is 10.4. The van der Waals surface area contributed by atoms with E-state index in [4.69, 9.17) is 18.0 Å². The Bertz CT molecular complexity index is 628. The number of hydrogen-bond donors (Lipinski definition) is 1. The van der Waals surface area contributed by atoms with E-state index in [2.05, 4.69) is 9.72 Å². The summed E-state index contributed by atoms with van der Waals surface area (Å²) < 4.78 is 41.0. The van der Waals surface area contributed by atoms with E-state index < -0.39 is 12.8 Å². The number of benzene rings is 1. The molecule has 0 spiro atoms. The minimum absolute atomic E-state index is 0.0791. The molecule has 0 saturated heterocycles. The number of rotatable bonds is 3. The molecule has 2 rings (SSSR count). The number of para-hydroxylation sites is 1. The van der Waals surface area contributed by atoms with Crippen LogP contribution in [0.25, 0.3) is 10.9 Å². The molecule has 2 aromatic rings. The lowest BCUT2D eigenvalue weighted by Crippen LogP contribution is -2.20. The van der Waals surface area contributed by atoms with E-state index in [0.29, 0.717) is 16.5 Å². The summed E-state index contributed by atoms with van der Waals surface area (Å²) in [5.74, 6) is -0.154. The number of thiocarbonyl (C=S) groups is 1. The minimum atomic E-state index is -4.42. The van der Waals surface area contributed by atoms with Crippen molar-refractivity contribution in [1.82, 2.24) is 4.98 Å². The average molecular weight is 286 g/mol. The van der Waals surface area contributed by atoms with Crippen LogP contribution in [0.5, 0.6) is 5.88 Å². The van der Waals surface area contributed by atoms with E-state index >= 15 is 0 Å². The number of fused-ring (bicyclic) bond motifs is 1. The average Bonchev–Trinajstić information content (AvgIpc) is 2.34. The molecule has 1 heterocycles. The molecule has 2 N–H and O–H groups in total. The highest BCUT2D eigenvalue weighted by Crippen LogP contribution is 2.23. The van der Waals surface area contributed by atoms with Gasteiger partial charge in [0.2, 0.25) is 5.88 Å². The fourth-order valence-electron chi connectivity index (χ4n) is 1.58. The smallest absolute Gasteiger partial charge is 0.422 e. The number of nitrogens with two attached hydrogens (primary N) is 1. The van der Waals surface area contributed by atoms with Crippen molar-refractivity contribution in [3.05, 3.63) is 35.9 Å². The van der Waals surface area contributed by atoms with Crippen molar-refractivity contribution in [2.75, 3.05) is 6.61 Å². The Balaban J connectivity index is 2.44. The van der Waals surface area contributed by atoms with E-state index in [1.54, 1.807) is 24.3 Å². The minimum Gasteiger partial charge on any atom is -0.468 e. The highest BCUT2D eigenvalue weighted by atomic mass is 32.1. The van der Waals surface area contributed by atoms with E-state index in [9.17, 15) is 13.2 Å². The number of ether oxygens (including phenoxy) is 1. The van der Waals surface area contributed by atoms with Gasteiger partial charge in [-0.3, -0.25) is 0 Å². The molecule has 0 aliphatic rings. The molecule has 0 saturated carbocycles. The van der Waals surface area contributed by atoms with Gasteiger partial charge in [-0.15, -0.1) is 0 Å². The van der Waals surface area contributed by atoms with Crippen LogP contribution in [0, 0.1) is 0 Å². The molecule has 0 aliphatic heterocycles. The molecule has 0 amide bonds. The van der Waals surface area contributed by atoms with Gasteiger partial charge in [0.1, 0.15) is 4.99 Å². The van der Waals surface area contributed by atoms with Crippen molar-refractivity contribution >= 4 is 28.1 Å². The molecule has 0 aliphatic carbocycles. The van der Waals surface area contributed by atoms with Crippen LogP contribution < -0.4 is 10.5 Å². The van der Waals surface area contributed by atoms with Crippen molar-refractivity contribution < 1.29 is 17.9 Å². The van der Waals surface area contributed by atoms with Gasteiger partial charge in [-0.1, -0.05) is 30.4 Å². The Kier molecular flexibility index (Phi) is 3.57. The molecule has 3 nitrogen and oxygen atoms in total. The van der Waals surface area contributed by atoms with Gasteiger partial charge in [0.25, 0.3) is 0 Å². The lowest BCUT2D eigenvalue weighted by molar-refractivity contribution is -0.154. The molecule has 0 atom stereocenters. The third kappa shape index (κ3) is 3.31. The number of pyridine rings is 1. The van der Waals surface area contributed by atoms with Gasteiger partial charge in [-0.2, -0.15) is 13.2 Å². The van der Waals surface area contributed by atoms with Gasteiger partial charge in [0.15, 0.2) is 6.61 Å². The normalized spacial score (nSPS) is 11.5. The molecule has 7 heteroatoms. The van der Waals surface area contributed by atoms with Crippen molar-refractivity contribution in [1.29, 1.82) is 0 Å². The van der Waals surface area contributed by atoms with E-state index in [0.717, 1.165) is 0 Å². The fourth-order valence-corrected chi connectivity index (χ4v) is 1.75. The molecule has 1 aromatic heterocycles. The molecular formula is C12H9F3N2OS. The Hall–Kier alpha value is -1.89. The third-order valence-corrected chi connectivity index (χ3v) is 2.56. The van der Waals surface area contributed by atoms with Crippen molar-refractivity contribution in [2.45, 2.75) is 6.18 Å². The first-order valence-electron chi connectivity index (χ1n) is 5.26. The second kappa shape index (κ2) is 5.00. The maximum absolute atomic E-state index is 12.1. The van der Waals surface area contributed by atoms with Gasteiger partial charge in [-0.25, -0.2) is 4.98 Å². The van der Waals surface area contributed by atoms with Crippen LogP contribution in [-0.2, 0) is 0 Å². The summed E-state index contributed by atoms with van der Waals surface area (Å²) in [5.41, 5.74) is 6.48. The number of aromatic nitrogens is 1. The maximum atomic E-state index is 12.1. The van der Waals surface area contributed by atoms with E-state index in [1.165, 1.54) is 6.07 Å². The first kappa shape index (κ1) is 13.5. The predicted octanol–water partition coefficient (Wildman–Crippen LogP) is 2.81. The van der Waals surface area contributed by atoms with Gasteiger partial charge in [-0.05, 0) is 6.07 Å². The van der Waals surface area contributed by atoms with Crippen molar-refractivity contribution in [3.8, 4) is 5.88 Å². The lowest BCUT2D eigenvalue weighted by atomic mass is 10.1. The van der Waals surface area contributed by atoms with Crippen LogP contribution in [0.4, 0.5) is 13.2 Å². The van der Waals surface area contributed by atoms with Crippen LogP contribution in [0.2, 0.25) is 0 Å². The zero-order valence-electron chi connectivity index (χ0n) is 9.57.